The third kappa shape index (κ3) is 2.88. The summed E-state index contributed by atoms with van der Waals surface area (Å²) in [5.74, 6) is -0.892. The second-order valence-electron chi connectivity index (χ2n) is 5.20. The van der Waals surface area contributed by atoms with Crippen molar-refractivity contribution in [3.8, 4) is 0 Å². The minimum atomic E-state index is -0.896. The number of halogens is 2. The predicted octanol–water partition coefficient (Wildman–Crippen LogP) is 2.50. The van der Waals surface area contributed by atoms with E-state index in [4.69, 9.17) is 11.6 Å². The second kappa shape index (κ2) is 6.02. The Hall–Kier alpha value is -1.62. The van der Waals surface area contributed by atoms with Crippen LogP contribution in [0.5, 0.6) is 0 Å². The Bertz CT molecular complexity index is 553. The molecule has 114 valence electrons. The first-order valence-corrected chi connectivity index (χ1v) is 7.34. The van der Waals surface area contributed by atoms with E-state index in [-0.39, 0.29) is 35.5 Å². The highest BCUT2D eigenvalue weighted by Crippen LogP contribution is 2.26. The first-order valence-electron chi connectivity index (χ1n) is 6.96. The maximum atomic E-state index is 13.9. The Balaban J connectivity index is 2.31. The predicted molar refractivity (Wildman–Crippen MR) is 78.3 cm³/mol. The summed E-state index contributed by atoms with van der Waals surface area (Å²) in [6, 6.07) is 4.37. The largest absolute Gasteiger partial charge is 0.340 e. The Labute approximate surface area is 128 Å². The maximum absolute atomic E-state index is 13.9. The first kappa shape index (κ1) is 15.8. The lowest BCUT2D eigenvalue weighted by Crippen LogP contribution is -2.65. The topological polar surface area (TPSA) is 49.4 Å². The maximum Gasteiger partial charge on any atom is 0.249 e. The lowest BCUT2D eigenvalue weighted by Gasteiger charge is -2.41. The highest BCUT2D eigenvalue weighted by atomic mass is 35.5. The zero-order valence-electron chi connectivity index (χ0n) is 12.1. The molecular formula is C15H18ClFN2O2. The van der Waals surface area contributed by atoms with Crippen LogP contribution in [0, 0.1) is 5.82 Å². The summed E-state index contributed by atoms with van der Waals surface area (Å²) in [6.07, 6.45) is 0.991. The molecule has 0 bridgehead atoms. The molecule has 0 saturated carbocycles. The summed E-state index contributed by atoms with van der Waals surface area (Å²) in [4.78, 5) is 25.9. The number of carbonyl (C=O) groups excluding carboxylic acids is 2. The summed E-state index contributed by atoms with van der Waals surface area (Å²) in [5.41, 5.74) is -0.657. The van der Waals surface area contributed by atoms with Crippen molar-refractivity contribution in [1.29, 1.82) is 0 Å². The number of rotatable bonds is 4. The molecule has 1 N–H and O–H groups in total. The molecule has 2 amide bonds. The van der Waals surface area contributed by atoms with Crippen LogP contribution >= 0.6 is 11.6 Å². The van der Waals surface area contributed by atoms with Gasteiger partial charge < -0.3 is 10.2 Å². The quantitative estimate of drug-likeness (QED) is 0.928. The fourth-order valence-electron chi connectivity index (χ4n) is 2.64. The van der Waals surface area contributed by atoms with Gasteiger partial charge in [0.15, 0.2) is 0 Å². The SMILES string of the molecule is CCC1(CC)NC(=O)CN(Cc2c(F)cccc2Cl)C1=O. The van der Waals surface area contributed by atoms with E-state index in [1.807, 2.05) is 13.8 Å². The molecule has 0 aliphatic carbocycles. The van der Waals surface area contributed by atoms with Gasteiger partial charge in [0.05, 0.1) is 13.1 Å². The van der Waals surface area contributed by atoms with Crippen LogP contribution in [0.25, 0.3) is 0 Å². The van der Waals surface area contributed by atoms with E-state index in [0.29, 0.717) is 12.8 Å². The molecule has 0 atom stereocenters. The van der Waals surface area contributed by atoms with Crippen LogP contribution in [0.1, 0.15) is 32.3 Å². The van der Waals surface area contributed by atoms with Crippen molar-refractivity contribution in [2.45, 2.75) is 38.8 Å². The molecule has 1 saturated heterocycles. The standard InChI is InChI=1S/C15H18ClFN2O2/c1-3-15(4-2)14(21)19(9-13(20)18-15)8-10-11(16)6-5-7-12(10)17/h5-7H,3-4,8-9H2,1-2H3,(H,18,20). The Morgan fingerprint density at radius 1 is 1.33 bits per heavy atom. The van der Waals surface area contributed by atoms with E-state index in [1.54, 1.807) is 6.07 Å². The van der Waals surface area contributed by atoms with Crippen molar-refractivity contribution in [3.63, 3.8) is 0 Å². The molecule has 1 heterocycles. The normalized spacial score (nSPS) is 17.8. The average Bonchev–Trinajstić information content (AvgIpc) is 2.46. The lowest BCUT2D eigenvalue weighted by atomic mass is 9.88. The Morgan fingerprint density at radius 3 is 2.57 bits per heavy atom. The van der Waals surface area contributed by atoms with Gasteiger partial charge in [0, 0.05) is 10.6 Å². The molecule has 6 heteroatoms. The number of hydrogen-bond donors (Lipinski definition) is 1. The highest BCUT2D eigenvalue weighted by molar-refractivity contribution is 6.31. The van der Waals surface area contributed by atoms with Crippen molar-refractivity contribution >= 4 is 23.4 Å². The summed E-state index contributed by atoms with van der Waals surface area (Å²) < 4.78 is 13.9. The van der Waals surface area contributed by atoms with Gasteiger partial charge in [-0.1, -0.05) is 31.5 Å². The number of benzene rings is 1. The monoisotopic (exact) mass is 312 g/mol. The van der Waals surface area contributed by atoms with Crippen molar-refractivity contribution in [3.05, 3.63) is 34.6 Å². The third-order valence-electron chi connectivity index (χ3n) is 4.03. The summed E-state index contributed by atoms with van der Waals surface area (Å²) in [7, 11) is 0. The first-order chi connectivity index (χ1) is 9.93. The molecule has 4 nitrogen and oxygen atoms in total. The van der Waals surface area contributed by atoms with E-state index < -0.39 is 11.4 Å². The fourth-order valence-corrected chi connectivity index (χ4v) is 2.86. The molecule has 0 radical (unpaired) electrons. The van der Waals surface area contributed by atoms with E-state index in [2.05, 4.69) is 5.32 Å². The average molecular weight is 313 g/mol. The molecule has 1 fully saturated rings. The zero-order valence-corrected chi connectivity index (χ0v) is 12.8. The van der Waals surface area contributed by atoms with Crippen LogP contribution in [0.15, 0.2) is 18.2 Å². The highest BCUT2D eigenvalue weighted by Gasteiger charge is 2.44. The lowest BCUT2D eigenvalue weighted by molar-refractivity contribution is -0.151. The van der Waals surface area contributed by atoms with Crippen LogP contribution in [0.4, 0.5) is 4.39 Å². The van der Waals surface area contributed by atoms with Gasteiger partial charge in [-0.2, -0.15) is 0 Å². The van der Waals surface area contributed by atoms with Gasteiger partial charge in [-0.3, -0.25) is 9.59 Å². The van der Waals surface area contributed by atoms with Gasteiger partial charge in [0.2, 0.25) is 11.8 Å². The number of hydrogen-bond acceptors (Lipinski definition) is 2. The van der Waals surface area contributed by atoms with Crippen LogP contribution in [0.2, 0.25) is 5.02 Å². The molecule has 1 aliphatic heterocycles. The minimum Gasteiger partial charge on any atom is -0.340 e. The van der Waals surface area contributed by atoms with Gasteiger partial charge in [-0.25, -0.2) is 4.39 Å². The number of piperazine rings is 1. The Morgan fingerprint density at radius 2 is 2.00 bits per heavy atom. The second-order valence-corrected chi connectivity index (χ2v) is 5.61. The molecule has 0 spiro atoms. The van der Waals surface area contributed by atoms with Gasteiger partial charge in [0.1, 0.15) is 11.4 Å². The van der Waals surface area contributed by atoms with Gasteiger partial charge in [-0.15, -0.1) is 0 Å². The molecule has 1 aliphatic rings. The smallest absolute Gasteiger partial charge is 0.249 e. The Kier molecular flexibility index (Phi) is 4.52. The van der Waals surface area contributed by atoms with E-state index in [0.717, 1.165) is 0 Å². The van der Waals surface area contributed by atoms with E-state index in [1.165, 1.54) is 17.0 Å². The number of carbonyl (C=O) groups is 2. The molecular weight excluding hydrogens is 295 g/mol. The molecule has 0 aromatic heterocycles. The van der Waals surface area contributed by atoms with Crippen LogP contribution < -0.4 is 5.32 Å². The minimum absolute atomic E-state index is 0.000486. The molecule has 2 rings (SSSR count). The molecule has 0 unspecified atom stereocenters. The number of nitrogens with zero attached hydrogens (tertiary/aromatic N) is 1. The van der Waals surface area contributed by atoms with E-state index in [9.17, 15) is 14.0 Å². The summed E-state index contributed by atoms with van der Waals surface area (Å²) >= 11 is 5.99. The van der Waals surface area contributed by atoms with Gasteiger partial charge >= 0.3 is 0 Å². The summed E-state index contributed by atoms with van der Waals surface area (Å²) in [5, 5.41) is 3.02. The van der Waals surface area contributed by atoms with Crippen LogP contribution in [-0.2, 0) is 16.1 Å². The zero-order chi connectivity index (χ0) is 15.6. The van der Waals surface area contributed by atoms with E-state index >= 15 is 0 Å². The van der Waals surface area contributed by atoms with Crippen molar-refractivity contribution < 1.29 is 14.0 Å². The van der Waals surface area contributed by atoms with Crippen LogP contribution in [-0.4, -0.2) is 28.8 Å². The third-order valence-corrected chi connectivity index (χ3v) is 4.38. The van der Waals surface area contributed by atoms with Gasteiger partial charge in [0.25, 0.3) is 0 Å². The van der Waals surface area contributed by atoms with Crippen LogP contribution in [0.3, 0.4) is 0 Å². The van der Waals surface area contributed by atoms with Crippen molar-refractivity contribution in [2.75, 3.05) is 6.54 Å². The molecule has 1 aromatic carbocycles. The summed E-state index contributed by atoms with van der Waals surface area (Å²) in [6.45, 7) is 3.62. The molecule has 1 aromatic rings. The van der Waals surface area contributed by atoms with Gasteiger partial charge in [-0.05, 0) is 25.0 Å². The number of amides is 2. The van der Waals surface area contributed by atoms with Crippen molar-refractivity contribution in [1.82, 2.24) is 10.2 Å². The van der Waals surface area contributed by atoms with Crippen molar-refractivity contribution in [2.24, 2.45) is 0 Å². The number of nitrogens with one attached hydrogen (secondary N) is 1. The molecule has 21 heavy (non-hydrogen) atoms. The fraction of sp³-hybridized carbons (Fsp3) is 0.467.